The predicted octanol–water partition coefficient (Wildman–Crippen LogP) is 6.90. The number of aryl methyl sites for hydroxylation is 2. The molecular formula is C28H40NSi+. The van der Waals surface area contributed by atoms with Crippen LogP contribution in [0.25, 0.3) is 22.0 Å². The predicted molar refractivity (Wildman–Crippen MR) is 135 cm³/mol. The zero-order chi connectivity index (χ0) is 22.5. The van der Waals surface area contributed by atoms with Crippen molar-refractivity contribution in [1.29, 1.82) is 0 Å². The van der Waals surface area contributed by atoms with Crippen molar-refractivity contribution in [3.05, 3.63) is 59.8 Å². The number of hydrogen-bond acceptors (Lipinski definition) is 0. The summed E-state index contributed by atoms with van der Waals surface area (Å²) in [6, 6.07) is 17.8. The Bertz CT molecular complexity index is 1080. The van der Waals surface area contributed by atoms with E-state index < -0.39 is 8.07 Å². The van der Waals surface area contributed by atoms with Crippen molar-refractivity contribution >= 4 is 24.0 Å². The van der Waals surface area contributed by atoms with Crippen LogP contribution in [0.2, 0.25) is 19.1 Å². The molecule has 0 saturated carbocycles. The molecule has 30 heavy (non-hydrogen) atoms. The highest BCUT2D eigenvalue weighted by atomic mass is 28.3. The van der Waals surface area contributed by atoms with Crippen molar-refractivity contribution in [1.82, 2.24) is 0 Å². The smallest absolute Gasteiger partial charge is 0.200 e. The van der Waals surface area contributed by atoms with Crippen LogP contribution in [-0.2, 0) is 12.5 Å². The highest BCUT2D eigenvalue weighted by Gasteiger charge is 2.30. The van der Waals surface area contributed by atoms with Crippen LogP contribution in [0.3, 0.4) is 0 Å². The molecule has 0 unspecified atom stereocenters. The molecule has 0 aliphatic heterocycles. The van der Waals surface area contributed by atoms with E-state index >= 15 is 0 Å². The van der Waals surface area contributed by atoms with Gasteiger partial charge < -0.3 is 0 Å². The minimum absolute atomic E-state index is 0.140. The van der Waals surface area contributed by atoms with Gasteiger partial charge in [-0.3, -0.25) is 0 Å². The molecule has 0 aliphatic carbocycles. The molecule has 2 heteroatoms. The Morgan fingerprint density at radius 3 is 2.13 bits per heavy atom. The molecule has 1 aromatic heterocycles. The van der Waals surface area contributed by atoms with Crippen LogP contribution in [-0.4, -0.2) is 8.07 Å². The summed E-state index contributed by atoms with van der Waals surface area (Å²) in [6.07, 6.45) is 2.23. The lowest BCUT2D eigenvalue weighted by atomic mass is 9.84. The highest BCUT2D eigenvalue weighted by molar-refractivity contribution is 6.90. The van der Waals surface area contributed by atoms with E-state index in [0.717, 1.165) is 0 Å². The number of rotatable bonds is 3. The Labute approximate surface area is 185 Å². The summed E-state index contributed by atoms with van der Waals surface area (Å²) in [6.45, 7) is 21.2. The average molecular weight is 419 g/mol. The van der Waals surface area contributed by atoms with Crippen LogP contribution in [0.1, 0.15) is 52.7 Å². The molecule has 0 bridgehead atoms. The van der Waals surface area contributed by atoms with Crippen molar-refractivity contribution in [3.63, 3.8) is 0 Å². The Morgan fingerprint density at radius 1 is 0.867 bits per heavy atom. The third kappa shape index (κ3) is 4.69. The lowest BCUT2D eigenvalue weighted by Crippen LogP contribution is -2.44. The van der Waals surface area contributed by atoms with Gasteiger partial charge >= 0.3 is 0 Å². The Morgan fingerprint density at radius 2 is 1.53 bits per heavy atom. The Kier molecular flexibility index (Phi) is 5.79. The first-order valence-corrected chi connectivity index (χ1v) is 14.4. The van der Waals surface area contributed by atoms with Gasteiger partial charge in [0, 0.05) is 11.6 Å². The maximum Gasteiger partial charge on any atom is 0.220 e. The largest absolute Gasteiger partial charge is 0.220 e. The molecule has 0 radical (unpaired) electrons. The van der Waals surface area contributed by atoms with Crippen LogP contribution >= 0.6 is 0 Å². The first-order valence-electron chi connectivity index (χ1n) is 11.2. The van der Waals surface area contributed by atoms with Gasteiger partial charge in [0.2, 0.25) is 5.69 Å². The van der Waals surface area contributed by atoms with Gasteiger partial charge in [-0.05, 0) is 52.4 Å². The standard InChI is InChI=1S/C28H40NSi/c1-20-11-12-22(28(5,6)7)18-25(20)26-24-14-13-23(17-21(24)15-16-29(26)8)30(9,10)19-27(2,3)4/h11-18H,19H2,1-10H3/q+1. The van der Waals surface area contributed by atoms with Crippen molar-refractivity contribution in [2.75, 3.05) is 0 Å². The minimum atomic E-state index is -1.49. The van der Waals surface area contributed by atoms with E-state index in [-0.39, 0.29) is 5.41 Å². The molecule has 3 rings (SSSR count). The zero-order valence-corrected chi connectivity index (χ0v) is 21.8. The van der Waals surface area contributed by atoms with Gasteiger partial charge in [-0.15, -0.1) is 0 Å². The molecule has 0 spiro atoms. The van der Waals surface area contributed by atoms with E-state index in [2.05, 4.69) is 122 Å². The van der Waals surface area contributed by atoms with Gasteiger partial charge in [-0.2, -0.15) is 0 Å². The maximum atomic E-state index is 2.51. The normalized spacial score (nSPS) is 13.1. The van der Waals surface area contributed by atoms with Gasteiger partial charge in [-0.25, -0.2) is 4.57 Å². The van der Waals surface area contributed by atoms with E-state index in [1.54, 1.807) is 5.19 Å². The SMILES string of the molecule is Cc1ccc(C(C)(C)C)cc1-c1c2ccc([Si](C)(C)CC(C)(C)C)cc2cc[n+]1C. The lowest BCUT2D eigenvalue weighted by molar-refractivity contribution is -0.659. The van der Waals surface area contributed by atoms with Crippen LogP contribution < -0.4 is 9.75 Å². The summed E-state index contributed by atoms with van der Waals surface area (Å²) >= 11 is 0. The van der Waals surface area contributed by atoms with Crippen molar-refractivity contribution in [2.45, 2.75) is 73.0 Å². The lowest BCUT2D eigenvalue weighted by Gasteiger charge is -2.31. The van der Waals surface area contributed by atoms with Crippen LogP contribution in [0, 0.1) is 12.3 Å². The van der Waals surface area contributed by atoms with E-state index in [0.29, 0.717) is 5.41 Å². The number of pyridine rings is 1. The number of hydrogen-bond donors (Lipinski definition) is 0. The molecule has 0 fully saturated rings. The van der Waals surface area contributed by atoms with Gasteiger partial charge in [0.15, 0.2) is 6.20 Å². The molecule has 0 N–H and O–H groups in total. The molecule has 0 amide bonds. The number of benzene rings is 2. The third-order valence-electron chi connectivity index (χ3n) is 6.25. The topological polar surface area (TPSA) is 3.88 Å². The second-order valence-electron chi connectivity index (χ2n) is 12.0. The molecule has 1 heterocycles. The van der Waals surface area contributed by atoms with E-state index in [9.17, 15) is 0 Å². The number of nitrogens with zero attached hydrogens (tertiary/aromatic N) is 1. The van der Waals surface area contributed by atoms with E-state index in [1.807, 2.05) is 0 Å². The monoisotopic (exact) mass is 418 g/mol. The number of aromatic nitrogens is 1. The van der Waals surface area contributed by atoms with Gasteiger partial charge in [0.1, 0.15) is 7.05 Å². The Balaban J connectivity index is 2.20. The molecular weight excluding hydrogens is 378 g/mol. The molecule has 2 aromatic carbocycles. The maximum absolute atomic E-state index is 2.51. The fraction of sp³-hybridized carbons (Fsp3) is 0.464. The molecule has 0 aliphatic rings. The fourth-order valence-corrected chi connectivity index (χ4v) is 8.84. The van der Waals surface area contributed by atoms with Crippen molar-refractivity contribution in [3.8, 4) is 11.3 Å². The van der Waals surface area contributed by atoms with Crippen molar-refractivity contribution < 1.29 is 4.57 Å². The van der Waals surface area contributed by atoms with Crippen LogP contribution in [0.4, 0.5) is 0 Å². The van der Waals surface area contributed by atoms with Crippen molar-refractivity contribution in [2.24, 2.45) is 12.5 Å². The first-order chi connectivity index (χ1) is 13.7. The highest BCUT2D eigenvalue weighted by Crippen LogP contribution is 2.33. The molecule has 1 nitrogen and oxygen atoms in total. The summed E-state index contributed by atoms with van der Waals surface area (Å²) in [4.78, 5) is 0. The van der Waals surface area contributed by atoms with E-state index in [4.69, 9.17) is 0 Å². The summed E-state index contributed by atoms with van der Waals surface area (Å²) in [5.74, 6) is 0. The first kappa shape index (κ1) is 22.7. The quantitative estimate of drug-likeness (QED) is 0.322. The summed E-state index contributed by atoms with van der Waals surface area (Å²) in [5, 5.41) is 4.26. The molecule has 0 atom stereocenters. The molecule has 3 aromatic rings. The second-order valence-corrected chi connectivity index (χ2v) is 16.7. The van der Waals surface area contributed by atoms with E-state index in [1.165, 1.54) is 39.2 Å². The summed E-state index contributed by atoms with van der Waals surface area (Å²) < 4.78 is 2.29. The van der Waals surface area contributed by atoms with Gasteiger partial charge in [-0.1, -0.05) is 84.1 Å². The molecule has 160 valence electrons. The number of fused-ring (bicyclic) bond motifs is 1. The summed E-state index contributed by atoms with van der Waals surface area (Å²) in [5.41, 5.74) is 5.88. The third-order valence-corrected chi connectivity index (χ3v) is 10.1. The fourth-order valence-electron chi connectivity index (χ4n) is 4.90. The Hall–Kier alpha value is -1.93. The second kappa shape index (κ2) is 7.64. The van der Waals surface area contributed by atoms with Crippen LogP contribution in [0.15, 0.2) is 48.7 Å². The zero-order valence-electron chi connectivity index (χ0n) is 20.8. The summed E-state index contributed by atoms with van der Waals surface area (Å²) in [7, 11) is 0.677. The van der Waals surface area contributed by atoms with Gasteiger partial charge in [0.25, 0.3) is 0 Å². The van der Waals surface area contributed by atoms with Gasteiger partial charge in [0.05, 0.1) is 13.5 Å². The minimum Gasteiger partial charge on any atom is -0.200 e. The molecule has 0 saturated heterocycles. The average Bonchev–Trinajstić information content (AvgIpc) is 2.59. The van der Waals surface area contributed by atoms with Crippen LogP contribution in [0.5, 0.6) is 0 Å².